The second-order valence-corrected chi connectivity index (χ2v) is 27.7. The first-order chi connectivity index (χ1) is 29.8. The Hall–Kier alpha value is -3.92. The number of benzene rings is 4. The van der Waals surface area contributed by atoms with Crippen LogP contribution in [0.5, 0.6) is 23.0 Å². The van der Waals surface area contributed by atoms with Crippen molar-refractivity contribution in [2.45, 2.75) is 244 Å². The molecule has 0 atom stereocenters. The monoisotopic (exact) mass is 923 g/mol. The molecule has 0 spiro atoms. The molecule has 67 heavy (non-hydrogen) atoms. The van der Waals surface area contributed by atoms with Crippen molar-refractivity contribution in [1.82, 2.24) is 0 Å². The van der Waals surface area contributed by atoms with Gasteiger partial charge in [0.25, 0.3) is 0 Å². The first kappa shape index (κ1) is 61.1. The number of phenols is 4. The molecular weight excluding hydrogens is 821 g/mol. The van der Waals surface area contributed by atoms with Crippen LogP contribution < -0.4 is 0 Å². The third-order valence-electron chi connectivity index (χ3n) is 13.4. The van der Waals surface area contributed by atoms with Gasteiger partial charge < -0.3 is 20.4 Å². The molecule has 0 aliphatic heterocycles. The van der Waals surface area contributed by atoms with Crippen molar-refractivity contribution in [2.24, 2.45) is 10.8 Å². The lowest BCUT2D eigenvalue weighted by molar-refractivity contribution is 0.274. The lowest BCUT2D eigenvalue weighted by Gasteiger charge is -2.36. The molecule has 4 N–H and O–H groups in total. The maximum Gasteiger partial charge on any atom is 0.119 e. The molecule has 4 heteroatoms. The second kappa shape index (κ2) is 22.2. The first-order valence-electron chi connectivity index (χ1n) is 25.1. The van der Waals surface area contributed by atoms with Crippen molar-refractivity contribution in [3.8, 4) is 23.0 Å². The maximum absolute atomic E-state index is 10.5. The Kier molecular flexibility index (Phi) is 20.3. The van der Waals surface area contributed by atoms with E-state index in [1.807, 2.05) is 43.3 Å². The lowest BCUT2D eigenvalue weighted by Crippen LogP contribution is -2.27. The molecule has 0 aliphatic carbocycles. The van der Waals surface area contributed by atoms with E-state index in [0.29, 0.717) is 23.0 Å². The highest BCUT2D eigenvalue weighted by Gasteiger charge is 2.33. The van der Waals surface area contributed by atoms with Crippen molar-refractivity contribution in [2.75, 3.05) is 0 Å². The summed E-state index contributed by atoms with van der Waals surface area (Å²) < 4.78 is 0. The molecule has 0 aromatic heterocycles. The summed E-state index contributed by atoms with van der Waals surface area (Å²) in [6, 6.07) is 24.0. The summed E-state index contributed by atoms with van der Waals surface area (Å²) in [6.45, 7) is 57.3. The van der Waals surface area contributed by atoms with E-state index in [-0.39, 0.29) is 48.7 Å². The Morgan fingerprint density at radius 1 is 0.313 bits per heavy atom. The molecule has 0 saturated carbocycles. The van der Waals surface area contributed by atoms with Crippen molar-refractivity contribution in [3.05, 3.63) is 117 Å². The van der Waals surface area contributed by atoms with Crippen LogP contribution in [0.3, 0.4) is 0 Å². The third-order valence-corrected chi connectivity index (χ3v) is 13.4. The van der Waals surface area contributed by atoms with Gasteiger partial charge in [-0.15, -0.1) is 0 Å². The second-order valence-electron chi connectivity index (χ2n) is 27.7. The molecule has 0 heterocycles. The fourth-order valence-electron chi connectivity index (χ4n) is 9.10. The molecular formula is C63H102O4. The van der Waals surface area contributed by atoms with Crippen molar-refractivity contribution < 1.29 is 20.4 Å². The predicted octanol–water partition coefficient (Wildman–Crippen LogP) is 18.6. The van der Waals surface area contributed by atoms with E-state index in [1.54, 1.807) is 12.1 Å². The molecule has 0 saturated heterocycles. The van der Waals surface area contributed by atoms with Gasteiger partial charge in [-0.25, -0.2) is 0 Å². The maximum atomic E-state index is 10.5. The minimum absolute atomic E-state index is 0.00859. The molecule has 0 amide bonds. The van der Waals surface area contributed by atoms with Crippen LogP contribution in [-0.4, -0.2) is 20.4 Å². The van der Waals surface area contributed by atoms with Gasteiger partial charge in [0.2, 0.25) is 0 Å². The third kappa shape index (κ3) is 19.2. The van der Waals surface area contributed by atoms with E-state index in [9.17, 15) is 20.4 Å². The fraction of sp³-hybridized carbons (Fsp3) is 0.619. The Bertz CT molecular complexity index is 2180. The Morgan fingerprint density at radius 3 is 0.955 bits per heavy atom. The van der Waals surface area contributed by atoms with Gasteiger partial charge in [-0.3, -0.25) is 0 Å². The quantitative estimate of drug-likeness (QED) is 0.142. The molecule has 378 valence electrons. The zero-order valence-electron chi connectivity index (χ0n) is 48.0. The average molecular weight is 924 g/mol. The molecule has 0 unspecified atom stereocenters. The van der Waals surface area contributed by atoms with Gasteiger partial charge in [-0.2, -0.15) is 0 Å². The summed E-state index contributed by atoms with van der Waals surface area (Å²) in [6.07, 6.45) is 4.28. The standard InChI is InChI=1S/C22H38O.C16H26O.C14H22O.C11H16O/c1-19(2,3)14-21(7,8)16-11-12-18(23)17(13-16)22(9,10)15-20(4,5)6;1-7-15(3,4)12-9-10-14(17)13(11-12)16(5,6)8-2;1-13(2,3)10-7-8-12(15)11(9-10)14(4,5)6;1-8-5-6-10(12)9(7-8)11(2,3)4/h11-13,23H,14-15H2,1-10H3;9-11,17H,7-8H2,1-6H3;7-9,15H,1-6H3;5-7,12H,1-4H3. The number of hydrogen-bond donors (Lipinski definition) is 4. The molecule has 4 rings (SSSR count). The van der Waals surface area contributed by atoms with Gasteiger partial charge in [-0.1, -0.05) is 227 Å². The highest BCUT2D eigenvalue weighted by Crippen LogP contribution is 2.44. The number of aryl methyl sites for hydroxylation is 1. The fourth-order valence-corrected chi connectivity index (χ4v) is 9.10. The molecule has 0 fully saturated rings. The van der Waals surface area contributed by atoms with Crippen molar-refractivity contribution in [1.29, 1.82) is 0 Å². The Morgan fingerprint density at radius 2 is 0.612 bits per heavy atom. The minimum atomic E-state index is -0.0455. The van der Waals surface area contributed by atoms with Crippen molar-refractivity contribution >= 4 is 0 Å². The van der Waals surface area contributed by atoms with E-state index in [1.165, 1.54) is 22.3 Å². The van der Waals surface area contributed by atoms with Crippen LogP contribution in [0.25, 0.3) is 0 Å². The number of hydrogen-bond acceptors (Lipinski definition) is 4. The van der Waals surface area contributed by atoms with Crippen LogP contribution in [0.2, 0.25) is 0 Å². The van der Waals surface area contributed by atoms with E-state index >= 15 is 0 Å². The first-order valence-corrected chi connectivity index (χ1v) is 25.1. The van der Waals surface area contributed by atoms with Crippen molar-refractivity contribution in [3.63, 3.8) is 0 Å². The summed E-state index contributed by atoms with van der Waals surface area (Å²) in [7, 11) is 0. The molecule has 4 aromatic carbocycles. The molecule has 0 radical (unpaired) electrons. The molecule has 0 aliphatic rings. The average Bonchev–Trinajstić information content (AvgIpc) is 3.13. The van der Waals surface area contributed by atoms with Crippen LogP contribution in [-0.2, 0) is 37.9 Å². The highest BCUT2D eigenvalue weighted by molar-refractivity contribution is 5.45. The molecule has 0 bridgehead atoms. The predicted molar refractivity (Wildman–Crippen MR) is 294 cm³/mol. The normalized spacial score (nSPS) is 13.1. The molecule has 4 nitrogen and oxygen atoms in total. The van der Waals surface area contributed by atoms with Gasteiger partial charge in [0.1, 0.15) is 23.0 Å². The van der Waals surface area contributed by atoms with Crippen LogP contribution in [0.1, 0.15) is 243 Å². The van der Waals surface area contributed by atoms with Crippen LogP contribution in [0.15, 0.2) is 72.8 Å². The van der Waals surface area contributed by atoms with E-state index < -0.39 is 0 Å². The summed E-state index contributed by atoms with van der Waals surface area (Å²) in [4.78, 5) is 0. The summed E-state index contributed by atoms with van der Waals surface area (Å²) >= 11 is 0. The topological polar surface area (TPSA) is 80.9 Å². The van der Waals surface area contributed by atoms with Gasteiger partial charge >= 0.3 is 0 Å². The van der Waals surface area contributed by atoms with Gasteiger partial charge in [-0.05, 0) is 145 Å². The zero-order valence-corrected chi connectivity index (χ0v) is 48.0. The summed E-state index contributed by atoms with van der Waals surface area (Å²) in [5, 5.41) is 39.9. The Labute approximate surface area is 413 Å². The number of phenolic OH excluding ortho intramolecular Hbond substituents is 4. The van der Waals surface area contributed by atoms with E-state index in [2.05, 4.69) is 197 Å². The number of rotatable bonds is 8. The largest absolute Gasteiger partial charge is 0.508 e. The summed E-state index contributed by atoms with van der Waals surface area (Å²) in [5.41, 5.74) is 10.2. The van der Waals surface area contributed by atoms with Crippen LogP contribution >= 0.6 is 0 Å². The lowest BCUT2D eigenvalue weighted by atomic mass is 9.68. The SMILES string of the molecule is CC(C)(C)CC(C)(C)c1ccc(O)c(C(C)(C)CC(C)(C)C)c1.CC(C)(C)c1ccc(O)c(C(C)(C)C)c1.CCC(C)(C)c1ccc(O)c(C(C)(C)CC)c1.Cc1ccc(O)c(C(C)(C)C)c1. The Balaban J connectivity index is 0.000000459. The highest BCUT2D eigenvalue weighted by atomic mass is 16.3. The van der Waals surface area contributed by atoms with Crippen LogP contribution in [0.4, 0.5) is 0 Å². The minimum Gasteiger partial charge on any atom is -0.508 e. The smallest absolute Gasteiger partial charge is 0.119 e. The van der Waals surface area contributed by atoms with E-state index in [0.717, 1.165) is 47.9 Å². The zero-order chi connectivity index (χ0) is 52.7. The van der Waals surface area contributed by atoms with Crippen LogP contribution in [0, 0.1) is 17.8 Å². The van der Waals surface area contributed by atoms with Gasteiger partial charge in [0.05, 0.1) is 0 Å². The van der Waals surface area contributed by atoms with Gasteiger partial charge in [0, 0.05) is 0 Å². The number of aromatic hydroxyl groups is 4. The van der Waals surface area contributed by atoms with E-state index in [4.69, 9.17) is 0 Å². The van der Waals surface area contributed by atoms with Gasteiger partial charge in [0.15, 0.2) is 0 Å². The molecule has 4 aromatic rings. The summed E-state index contributed by atoms with van der Waals surface area (Å²) in [5.74, 6) is 1.64.